The number of nitrogens with zero attached hydrogens (tertiary/aromatic N) is 3. The number of rotatable bonds is 5. The van der Waals surface area contributed by atoms with E-state index in [0.29, 0.717) is 0 Å². The molecule has 79 heavy (non-hydrogen) atoms. The van der Waals surface area contributed by atoms with Crippen LogP contribution in [0, 0.1) is 0 Å². The smallest absolute Gasteiger partial charge is 0.333 e. The Morgan fingerprint density at radius 1 is 0.443 bits per heavy atom. The maximum atomic E-state index is 2.95. The molecule has 1 fully saturated rings. The summed E-state index contributed by atoms with van der Waals surface area (Å²) in [5, 5.41) is 0. The fourth-order valence-corrected chi connectivity index (χ4v) is 16.2. The summed E-state index contributed by atoms with van der Waals surface area (Å²) in [7, 11) is 0. The van der Waals surface area contributed by atoms with Crippen LogP contribution < -0.4 is 25.5 Å². The molecule has 0 amide bonds. The molecule has 8 aromatic carbocycles. The summed E-state index contributed by atoms with van der Waals surface area (Å²) in [5.74, 6) is 0. The summed E-state index contributed by atoms with van der Waals surface area (Å²) in [5.41, 5.74) is 29.5. The second-order valence-corrected chi connectivity index (χ2v) is 29.1. The molecule has 0 bridgehead atoms. The van der Waals surface area contributed by atoms with Crippen LogP contribution in [-0.2, 0) is 32.5 Å². The van der Waals surface area contributed by atoms with Crippen molar-refractivity contribution >= 4 is 57.6 Å². The second-order valence-electron chi connectivity index (χ2n) is 29.1. The zero-order valence-electron chi connectivity index (χ0n) is 49.7. The lowest BCUT2D eigenvalue weighted by atomic mass is 9.42. The summed E-state index contributed by atoms with van der Waals surface area (Å²) >= 11 is 0. The fourth-order valence-electron chi connectivity index (χ4n) is 16.2. The van der Waals surface area contributed by atoms with E-state index < -0.39 is 0 Å². The topological polar surface area (TPSA) is 9.72 Å². The van der Waals surface area contributed by atoms with Gasteiger partial charge in [0.25, 0.3) is 0 Å². The first-order chi connectivity index (χ1) is 37.4. The van der Waals surface area contributed by atoms with E-state index in [1.165, 1.54) is 144 Å². The van der Waals surface area contributed by atoms with Gasteiger partial charge < -0.3 is 14.6 Å². The van der Waals surface area contributed by atoms with E-state index in [9.17, 15) is 0 Å². The molecular formula is C75H80BN3. The Morgan fingerprint density at radius 2 is 1.04 bits per heavy atom. The average Bonchev–Trinajstić information content (AvgIpc) is 2.43. The molecule has 3 nitrogen and oxygen atoms in total. The predicted molar refractivity (Wildman–Crippen MR) is 339 cm³/mol. The van der Waals surface area contributed by atoms with Crippen LogP contribution in [0.1, 0.15) is 174 Å². The van der Waals surface area contributed by atoms with Gasteiger partial charge in [-0.2, -0.15) is 0 Å². The van der Waals surface area contributed by atoms with Crippen molar-refractivity contribution in [1.82, 2.24) is 0 Å². The lowest BCUT2D eigenvalue weighted by molar-refractivity contribution is 0.195. The number of hydrogen-bond donors (Lipinski definition) is 0. The molecule has 3 aliphatic carbocycles. The van der Waals surface area contributed by atoms with Crippen LogP contribution in [0.3, 0.4) is 0 Å². The monoisotopic (exact) mass is 1030 g/mol. The fraction of sp³-hybridized carbons (Fsp3) is 0.360. The lowest BCUT2D eigenvalue weighted by Crippen LogP contribution is -2.65. The van der Waals surface area contributed by atoms with Crippen molar-refractivity contribution in [2.45, 2.75) is 173 Å². The van der Waals surface area contributed by atoms with E-state index in [2.05, 4.69) is 269 Å². The van der Waals surface area contributed by atoms with Gasteiger partial charge >= 0.3 is 6.85 Å². The number of para-hydroxylation sites is 2. The van der Waals surface area contributed by atoms with Crippen LogP contribution in [-0.4, -0.2) is 12.4 Å². The number of benzene rings is 8. The minimum atomic E-state index is -0.231. The Bertz CT molecular complexity index is 3790. The molecule has 0 N–H and O–H groups in total. The Kier molecular flexibility index (Phi) is 10.6. The number of fused-ring (bicyclic) bond motifs is 12. The largest absolute Gasteiger partial charge is 0.376 e. The molecule has 4 heteroatoms. The summed E-state index contributed by atoms with van der Waals surface area (Å²) < 4.78 is 0. The van der Waals surface area contributed by atoms with Crippen LogP contribution in [0.4, 0.5) is 39.8 Å². The Labute approximate surface area is 473 Å². The van der Waals surface area contributed by atoms with E-state index in [1.807, 2.05) is 0 Å². The normalized spacial score (nSPS) is 21.3. The highest BCUT2D eigenvalue weighted by Crippen LogP contribution is 2.65. The highest BCUT2D eigenvalue weighted by atomic mass is 15.3. The van der Waals surface area contributed by atoms with Crippen LogP contribution in [0.15, 0.2) is 158 Å². The van der Waals surface area contributed by atoms with Crippen molar-refractivity contribution in [3.8, 4) is 33.4 Å². The van der Waals surface area contributed by atoms with Gasteiger partial charge in [-0.25, -0.2) is 0 Å². The molecule has 0 aromatic heterocycles. The third-order valence-corrected chi connectivity index (χ3v) is 21.1. The van der Waals surface area contributed by atoms with Crippen LogP contribution in [0.25, 0.3) is 33.4 Å². The molecule has 0 radical (unpaired) electrons. The third kappa shape index (κ3) is 7.04. The van der Waals surface area contributed by atoms with Gasteiger partial charge in [0.05, 0.1) is 5.54 Å². The van der Waals surface area contributed by atoms with Crippen molar-refractivity contribution in [2.24, 2.45) is 0 Å². The van der Waals surface area contributed by atoms with E-state index in [-0.39, 0.29) is 44.9 Å². The molecule has 14 rings (SSSR count). The van der Waals surface area contributed by atoms with Gasteiger partial charge in [0.15, 0.2) is 0 Å². The van der Waals surface area contributed by atoms with Crippen molar-refractivity contribution in [3.05, 3.63) is 197 Å². The summed E-state index contributed by atoms with van der Waals surface area (Å²) in [6.07, 6.45) is 7.12. The Morgan fingerprint density at radius 3 is 1.67 bits per heavy atom. The van der Waals surface area contributed by atoms with E-state index in [4.69, 9.17) is 0 Å². The van der Waals surface area contributed by atoms with Crippen molar-refractivity contribution in [3.63, 3.8) is 0 Å². The van der Waals surface area contributed by atoms with E-state index in [0.717, 1.165) is 17.8 Å². The Hall–Kier alpha value is -6.78. The number of hydrogen-bond acceptors (Lipinski definition) is 3. The molecule has 6 aliphatic rings. The highest BCUT2D eigenvalue weighted by molar-refractivity contribution is 6.94. The van der Waals surface area contributed by atoms with Crippen LogP contribution >= 0.6 is 0 Å². The van der Waals surface area contributed by atoms with Gasteiger partial charge in [0, 0.05) is 61.8 Å². The molecule has 1 saturated carbocycles. The molecule has 3 aliphatic heterocycles. The minimum absolute atomic E-state index is 0.0482. The molecule has 0 saturated heterocycles. The lowest BCUT2D eigenvalue weighted by Gasteiger charge is -2.53. The number of anilines is 7. The summed E-state index contributed by atoms with van der Waals surface area (Å²) in [6.45, 7) is 34.6. The molecule has 2 unspecified atom stereocenters. The Balaban J connectivity index is 1.19. The first-order valence-electron chi connectivity index (χ1n) is 29.9. The summed E-state index contributed by atoms with van der Waals surface area (Å²) in [6, 6.07) is 62.2. The van der Waals surface area contributed by atoms with E-state index >= 15 is 0 Å². The quantitative estimate of drug-likeness (QED) is 0.159. The molecule has 3 heterocycles. The zero-order chi connectivity index (χ0) is 55.1. The van der Waals surface area contributed by atoms with Gasteiger partial charge in [-0.3, -0.25) is 0 Å². The van der Waals surface area contributed by atoms with Gasteiger partial charge in [-0.05, 0) is 187 Å². The van der Waals surface area contributed by atoms with Crippen molar-refractivity contribution < 1.29 is 0 Å². The SMILES string of the molecule is CC(C)(C)c1ccc(N2B3c4cc(C(C)(C)C)cc5c4N(c4cc(N(c6ccccc6)c6ccccc6)cc(c43)-c3c2ccc2c3-c3cc4c(cc3C2(C)C)C(C)(C)CCC4(C)C)C2(C)CCCCC52C)c(-c2ccccc2)c1. The van der Waals surface area contributed by atoms with E-state index in [1.54, 1.807) is 0 Å². The molecule has 0 spiro atoms. The maximum absolute atomic E-state index is 2.95. The van der Waals surface area contributed by atoms with Crippen LogP contribution in [0.2, 0.25) is 0 Å². The first kappa shape index (κ1) is 50.4. The van der Waals surface area contributed by atoms with Gasteiger partial charge in [-0.15, -0.1) is 0 Å². The average molecular weight is 1030 g/mol. The minimum Gasteiger partial charge on any atom is -0.376 e. The second kappa shape index (κ2) is 16.7. The highest BCUT2D eigenvalue weighted by Gasteiger charge is 2.62. The van der Waals surface area contributed by atoms with Crippen molar-refractivity contribution in [1.29, 1.82) is 0 Å². The molecule has 2 atom stereocenters. The molecule has 8 aromatic rings. The standard InChI is InChI=1S/C75H80BN3/c1-69(2,3)48-32-34-62(53(40-48)47-26-18-15-19-27-47)79-63-35-33-56-65(54-45-58-59(46-57(54)73(56,11)12)72(9,10)39-38-71(58,7)8)66(63)55-43-52(77(50-28-20-16-21-29-50)51-30-22-17-23-31-51)44-64-67(55)76(79)61-42-49(70(4,5)6)41-60-68(61)78(64)75(14)37-25-24-36-74(60,75)13/h15-23,26-35,40-46H,24-25,36-39H2,1-14H3. The summed E-state index contributed by atoms with van der Waals surface area (Å²) in [4.78, 5) is 8.35. The van der Waals surface area contributed by atoms with Gasteiger partial charge in [-0.1, -0.05) is 200 Å². The zero-order valence-corrected chi connectivity index (χ0v) is 49.7. The molecular weight excluding hydrogens is 954 g/mol. The molecule has 398 valence electrons. The maximum Gasteiger partial charge on any atom is 0.333 e. The first-order valence-corrected chi connectivity index (χ1v) is 29.9. The van der Waals surface area contributed by atoms with Gasteiger partial charge in [0.2, 0.25) is 0 Å². The van der Waals surface area contributed by atoms with Crippen molar-refractivity contribution in [2.75, 3.05) is 14.6 Å². The predicted octanol–water partition coefficient (Wildman–Crippen LogP) is 19.1. The third-order valence-electron chi connectivity index (χ3n) is 21.1. The van der Waals surface area contributed by atoms with Crippen LogP contribution in [0.5, 0.6) is 0 Å². The van der Waals surface area contributed by atoms with Gasteiger partial charge in [0.1, 0.15) is 0 Å².